The van der Waals surface area contributed by atoms with E-state index in [0.29, 0.717) is 61.6 Å². The minimum atomic E-state index is -1.82. The van der Waals surface area contributed by atoms with Crippen molar-refractivity contribution in [1.29, 1.82) is 0 Å². The molecule has 10 aliphatic carbocycles. The van der Waals surface area contributed by atoms with E-state index in [-0.39, 0.29) is 80.9 Å². The number of Topliss-reactive ketones (excluding diaryl/α,β-unsaturated/α-hetero) is 1. The average Bonchev–Trinajstić information content (AvgIpc) is 1.40. The topological polar surface area (TPSA) is 237 Å². The zero-order chi connectivity index (χ0) is 57.5. The van der Waals surface area contributed by atoms with E-state index < -0.39 is 82.0 Å². The molecule has 15 nitrogen and oxygen atoms in total. The highest BCUT2D eigenvalue weighted by Gasteiger charge is 2.81. The Bertz CT molecular complexity index is 3240. The number of hydrazine groups is 1. The van der Waals surface area contributed by atoms with Crippen molar-refractivity contribution in [3.05, 3.63) is 51.6 Å². The highest BCUT2D eigenvalue weighted by Crippen LogP contribution is 2.85. The van der Waals surface area contributed by atoms with Crippen LogP contribution in [0.25, 0.3) is 10.8 Å². The lowest BCUT2D eigenvalue weighted by Gasteiger charge is -2.72. The Labute approximate surface area is 493 Å². The maximum atomic E-state index is 13.6. The molecule has 2 aromatic carbocycles. The van der Waals surface area contributed by atoms with Crippen LogP contribution in [-0.2, 0) is 14.2 Å². The summed E-state index contributed by atoms with van der Waals surface area (Å²) in [5, 5.41) is 84.5. The molecule has 9 N–H and O–H groups in total. The number of ketones is 1. The Morgan fingerprint density at radius 3 is 2.35 bits per heavy atom. The third-order valence-electron chi connectivity index (χ3n) is 28.9. The Balaban J connectivity index is 0.812. The van der Waals surface area contributed by atoms with Crippen LogP contribution in [0.5, 0.6) is 17.2 Å². The average molecular weight is 1160 g/mol. The van der Waals surface area contributed by atoms with Crippen molar-refractivity contribution >= 4 is 22.5 Å². The summed E-state index contributed by atoms with van der Waals surface area (Å²) < 4.78 is 28.7. The van der Waals surface area contributed by atoms with Crippen molar-refractivity contribution in [1.82, 2.24) is 10.9 Å². The number of hydrogen-bond donors (Lipinski definition) is 9. The van der Waals surface area contributed by atoms with Gasteiger partial charge in [0.05, 0.1) is 35.3 Å². The number of carboxylic acid groups (broad SMARTS) is 1. The summed E-state index contributed by atoms with van der Waals surface area (Å²) in [7, 11) is 0. The molecule has 15 heteroatoms. The van der Waals surface area contributed by atoms with Crippen molar-refractivity contribution in [2.75, 3.05) is 19.8 Å². The summed E-state index contributed by atoms with van der Waals surface area (Å²) in [6.45, 7) is 4.04. The van der Waals surface area contributed by atoms with Gasteiger partial charge in [-0.1, -0.05) is 44.6 Å². The monoisotopic (exact) mass is 1150 g/mol. The van der Waals surface area contributed by atoms with E-state index >= 15 is 0 Å². The lowest BCUT2D eigenvalue weighted by Crippen LogP contribution is -2.81. The van der Waals surface area contributed by atoms with E-state index in [0.717, 1.165) is 43.9 Å². The van der Waals surface area contributed by atoms with Gasteiger partial charge in [-0.05, 0) is 228 Å². The van der Waals surface area contributed by atoms with Gasteiger partial charge in [-0.25, -0.2) is 4.79 Å². The number of allylic oxidation sites excluding steroid dienone is 1. The standard InChI is InChI=1S/C69H90N2O13/c1-36-49(37(2)73)53(75)51-42(52(36)74)24-38(59(79)80)25-45(51)82-60-54(76)56(77)69-27-44-50-41(46(84-69)28-61(15-3-4-16-61)57(78)58(69)83-60)13-14-43(50)66(20-9-23-72)35-81-30-39-26-64-32-65(29-48(64)70-71-68(44,34-64)55(39)66)31-63(17-5-6-18-63)47-12-7-10-40-11-8-19-62(40)21-22-67(47,65)33-62/h14,24-25,39-40,44,46-48,54-58,60,70-72,74-78H,3-13,15-23,26-35H2,1-2H3,(H,79,80)/t39-,40-,44+,46+,47-,48+,54+,55+,56+,57+,58+,60+,62+,64+,65+,66-,67+,68+,69-/m0/s1. The van der Waals surface area contributed by atoms with Crippen LogP contribution in [0.4, 0.5) is 0 Å². The van der Waals surface area contributed by atoms with Gasteiger partial charge in [0.25, 0.3) is 0 Å². The molecule has 4 saturated heterocycles. The molecule has 17 rings (SSSR count). The Hall–Kier alpha value is -3.64. The number of carbonyl (C=O) groups is 2. The minimum absolute atomic E-state index is 0.0508. The van der Waals surface area contributed by atoms with Crippen LogP contribution < -0.4 is 15.6 Å². The number of phenols is 2. The molecule has 8 spiro atoms. The lowest BCUT2D eigenvalue weighted by molar-refractivity contribution is -0.340. The van der Waals surface area contributed by atoms with Gasteiger partial charge in [0, 0.05) is 52.5 Å². The first kappa shape index (κ1) is 54.5. The number of benzene rings is 2. The van der Waals surface area contributed by atoms with E-state index in [1.807, 2.05) is 0 Å². The summed E-state index contributed by atoms with van der Waals surface area (Å²) in [6.07, 6.45) is 24.3. The number of fused-ring (bicyclic) bond motifs is 5. The number of nitrogens with one attached hydrogen (secondary N) is 2. The fourth-order valence-corrected chi connectivity index (χ4v) is 26.5. The molecule has 0 unspecified atom stereocenters. The van der Waals surface area contributed by atoms with Crippen molar-refractivity contribution in [2.45, 2.75) is 241 Å². The molecular weight excluding hydrogens is 1060 g/mol. The van der Waals surface area contributed by atoms with Gasteiger partial charge in [0.15, 0.2) is 5.78 Å². The van der Waals surface area contributed by atoms with Gasteiger partial charge >= 0.3 is 5.97 Å². The summed E-state index contributed by atoms with van der Waals surface area (Å²) in [4.78, 5) is 25.8. The van der Waals surface area contributed by atoms with Crippen LogP contribution in [0, 0.1) is 74.4 Å². The maximum absolute atomic E-state index is 13.6. The van der Waals surface area contributed by atoms with Gasteiger partial charge in [-0.3, -0.25) is 15.6 Å². The molecule has 0 aromatic heterocycles. The largest absolute Gasteiger partial charge is 0.507 e. The molecule has 6 bridgehead atoms. The summed E-state index contributed by atoms with van der Waals surface area (Å²) in [5.74, 6) is -1.38. The predicted octanol–water partition coefficient (Wildman–Crippen LogP) is 9.91. The number of hydrogen-bond acceptors (Lipinski definition) is 14. The number of phenolic OH excluding ortho intramolecular Hbond substituents is 2. The highest BCUT2D eigenvalue weighted by molar-refractivity contribution is 6.11. The van der Waals surface area contributed by atoms with Gasteiger partial charge < -0.3 is 54.7 Å². The second-order valence-corrected chi connectivity index (χ2v) is 31.7. The van der Waals surface area contributed by atoms with Crippen molar-refractivity contribution in [2.24, 2.45) is 67.5 Å². The molecule has 9 saturated carbocycles. The zero-order valence-electron chi connectivity index (χ0n) is 49.5. The van der Waals surface area contributed by atoms with E-state index in [2.05, 4.69) is 16.9 Å². The number of aliphatic hydroxyl groups is 4. The summed E-state index contributed by atoms with van der Waals surface area (Å²) >= 11 is 0. The third-order valence-corrected chi connectivity index (χ3v) is 28.9. The molecule has 2 aromatic rings. The molecule has 15 aliphatic rings. The van der Waals surface area contributed by atoms with Crippen LogP contribution in [0.1, 0.15) is 207 Å². The van der Waals surface area contributed by atoms with E-state index in [1.165, 1.54) is 145 Å². The fourth-order valence-electron chi connectivity index (χ4n) is 26.5. The molecule has 13 fully saturated rings. The van der Waals surface area contributed by atoms with Gasteiger partial charge in [0.1, 0.15) is 41.2 Å². The second kappa shape index (κ2) is 18.0. The number of aromatic hydroxyl groups is 2. The van der Waals surface area contributed by atoms with Crippen LogP contribution in [0.15, 0.2) is 34.9 Å². The Kier molecular flexibility index (Phi) is 11.7. The van der Waals surface area contributed by atoms with Gasteiger partial charge in [-0.15, -0.1) is 0 Å². The van der Waals surface area contributed by atoms with Crippen molar-refractivity contribution in [3.63, 3.8) is 0 Å². The SMILES string of the molecule is CC(=O)c1c(C)c(O)c2cc(C(=O)O)cc(O[C@@H]3O[C@@H]4[C@@H](O)C5(CCCC5)C[C@H]5O[C@@]4(C[C@@H]4C6=C5CC=C6[C@]5(CCCO)COC[C@@H]6C[C@@]78C[C@]4(NN[C@@H]7C[C@@]4(CC7(CCCC7)[C@@H]7CCC[C@H]9CCC[C@]9%10CC[C@@]74C%10)C8)[C@H]65)[C@H](O)[C@H]3O)c2c1O. The summed E-state index contributed by atoms with van der Waals surface area (Å²) in [6, 6.07) is 2.65. The first-order valence-electron chi connectivity index (χ1n) is 33.3. The first-order valence-corrected chi connectivity index (χ1v) is 33.3. The van der Waals surface area contributed by atoms with Crippen molar-refractivity contribution < 1.29 is 64.3 Å². The Morgan fingerprint density at radius 1 is 0.810 bits per heavy atom. The number of rotatable bonds is 7. The van der Waals surface area contributed by atoms with Gasteiger partial charge in [-0.2, -0.15) is 0 Å². The first-order chi connectivity index (χ1) is 40.4. The van der Waals surface area contributed by atoms with Crippen molar-refractivity contribution in [3.8, 4) is 17.2 Å². The van der Waals surface area contributed by atoms with Crippen LogP contribution >= 0.6 is 0 Å². The fraction of sp³-hybridized carbons (Fsp3) is 0.768. The number of carbonyl (C=O) groups excluding carboxylic acids is 1. The molecule has 454 valence electrons. The van der Waals surface area contributed by atoms with Gasteiger partial charge in [0.2, 0.25) is 6.29 Å². The van der Waals surface area contributed by atoms with Crippen LogP contribution in [0.3, 0.4) is 0 Å². The number of carboxylic acids is 1. The minimum Gasteiger partial charge on any atom is -0.507 e. The second-order valence-electron chi connectivity index (χ2n) is 31.7. The smallest absolute Gasteiger partial charge is 0.335 e. The molecule has 0 amide bonds. The predicted molar refractivity (Wildman–Crippen MR) is 309 cm³/mol. The molecule has 5 heterocycles. The molecular formula is C69H90N2O13. The Morgan fingerprint density at radius 2 is 1.57 bits per heavy atom. The van der Waals surface area contributed by atoms with E-state index in [1.54, 1.807) is 0 Å². The van der Waals surface area contributed by atoms with E-state index in [9.17, 15) is 45.3 Å². The van der Waals surface area contributed by atoms with Crippen LogP contribution in [-0.4, -0.2) is 121 Å². The maximum Gasteiger partial charge on any atom is 0.335 e. The molecule has 5 aliphatic heterocycles. The van der Waals surface area contributed by atoms with Crippen LogP contribution in [0.2, 0.25) is 0 Å². The van der Waals surface area contributed by atoms with E-state index in [4.69, 9.17) is 18.9 Å². The number of aromatic carboxylic acids is 1. The molecule has 0 radical (unpaired) electrons. The quantitative estimate of drug-likeness (QED) is 0.0927. The highest BCUT2D eigenvalue weighted by atomic mass is 16.7. The number of aliphatic hydroxyl groups excluding tert-OH is 4. The normalized spacial score (nSPS) is 47.5. The molecule has 84 heavy (non-hydrogen) atoms. The molecule has 19 atom stereocenters. The summed E-state index contributed by atoms with van der Waals surface area (Å²) in [5.41, 5.74) is 10.2. The third kappa shape index (κ3) is 6.66. The number of ether oxygens (including phenoxy) is 4. The zero-order valence-corrected chi connectivity index (χ0v) is 49.5. The lowest BCUT2D eigenvalue weighted by atomic mass is 9.38.